The molecule has 0 saturated heterocycles. The lowest BCUT2D eigenvalue weighted by atomic mass is 9.92. The van der Waals surface area contributed by atoms with Gasteiger partial charge >= 0.3 is 0 Å². The SMILES string of the molecule is CC(=O)C(C)CN1C(=O)c2cccc3c(N(C)C)ccc(c23)C1=O. The van der Waals surface area contributed by atoms with E-state index in [0.717, 1.165) is 11.1 Å². The number of imide groups is 1. The largest absolute Gasteiger partial charge is 0.377 e. The van der Waals surface area contributed by atoms with E-state index in [2.05, 4.69) is 0 Å². The second-order valence-electron chi connectivity index (χ2n) is 6.49. The van der Waals surface area contributed by atoms with Crippen LogP contribution in [0.1, 0.15) is 34.6 Å². The first-order valence-electron chi connectivity index (χ1n) is 7.92. The Hall–Kier alpha value is -2.69. The summed E-state index contributed by atoms with van der Waals surface area (Å²) in [4.78, 5) is 40.4. The number of carbonyl (C=O) groups is 3. The maximum Gasteiger partial charge on any atom is 0.261 e. The number of benzene rings is 2. The van der Waals surface area contributed by atoms with Gasteiger partial charge in [-0.15, -0.1) is 0 Å². The van der Waals surface area contributed by atoms with E-state index in [1.807, 2.05) is 37.2 Å². The van der Waals surface area contributed by atoms with Crippen LogP contribution in [0.4, 0.5) is 5.69 Å². The van der Waals surface area contributed by atoms with Gasteiger partial charge in [0.05, 0.1) is 0 Å². The van der Waals surface area contributed by atoms with Crippen molar-refractivity contribution in [2.75, 3.05) is 25.5 Å². The van der Waals surface area contributed by atoms with Gasteiger partial charge in [0.1, 0.15) is 5.78 Å². The van der Waals surface area contributed by atoms with E-state index in [1.54, 1.807) is 19.1 Å². The molecule has 0 saturated carbocycles. The monoisotopic (exact) mass is 324 g/mol. The average Bonchev–Trinajstić information content (AvgIpc) is 2.55. The van der Waals surface area contributed by atoms with Gasteiger partial charge < -0.3 is 4.90 Å². The molecule has 2 aromatic rings. The van der Waals surface area contributed by atoms with E-state index >= 15 is 0 Å². The topological polar surface area (TPSA) is 57.7 Å². The first-order valence-corrected chi connectivity index (χ1v) is 7.92. The fourth-order valence-corrected chi connectivity index (χ4v) is 3.09. The fourth-order valence-electron chi connectivity index (χ4n) is 3.09. The van der Waals surface area contributed by atoms with Crippen LogP contribution in [-0.2, 0) is 4.79 Å². The van der Waals surface area contributed by atoms with E-state index in [4.69, 9.17) is 0 Å². The number of rotatable bonds is 4. The standard InChI is InChI=1S/C19H20N2O3/c1-11(12(2)22)10-21-18(23)14-7-5-6-13-16(20(3)4)9-8-15(17(13)14)19(21)24/h5-9,11H,10H2,1-4H3. The number of ketones is 1. The highest BCUT2D eigenvalue weighted by atomic mass is 16.2. The van der Waals surface area contributed by atoms with Crippen molar-refractivity contribution in [3.8, 4) is 0 Å². The Kier molecular flexibility index (Phi) is 3.87. The van der Waals surface area contributed by atoms with Crippen molar-refractivity contribution in [2.45, 2.75) is 13.8 Å². The number of carbonyl (C=O) groups excluding carboxylic acids is 3. The molecule has 0 radical (unpaired) electrons. The molecule has 1 heterocycles. The molecule has 0 aromatic heterocycles. The summed E-state index contributed by atoms with van der Waals surface area (Å²) in [5.74, 6) is -1.08. The molecule has 0 spiro atoms. The third-order valence-electron chi connectivity index (χ3n) is 4.60. The lowest BCUT2D eigenvalue weighted by Gasteiger charge is -2.29. The van der Waals surface area contributed by atoms with E-state index in [9.17, 15) is 14.4 Å². The summed E-state index contributed by atoms with van der Waals surface area (Å²) in [6, 6.07) is 9.15. The minimum absolute atomic E-state index is 0.0393. The molecule has 24 heavy (non-hydrogen) atoms. The number of Topliss-reactive ketones (excluding diaryl/α,β-unsaturated/α-hetero) is 1. The minimum atomic E-state index is -0.375. The summed E-state index contributed by atoms with van der Waals surface area (Å²) < 4.78 is 0. The van der Waals surface area contributed by atoms with E-state index in [1.165, 1.54) is 11.8 Å². The van der Waals surface area contributed by atoms with Gasteiger partial charge in [-0.3, -0.25) is 19.3 Å². The number of hydrogen-bond acceptors (Lipinski definition) is 4. The van der Waals surface area contributed by atoms with Crippen LogP contribution in [-0.4, -0.2) is 43.1 Å². The Balaban J connectivity index is 2.18. The molecule has 5 heteroatoms. The van der Waals surface area contributed by atoms with E-state index < -0.39 is 0 Å². The molecule has 1 unspecified atom stereocenters. The van der Waals surface area contributed by atoms with Gasteiger partial charge in [0.25, 0.3) is 11.8 Å². The zero-order valence-electron chi connectivity index (χ0n) is 14.3. The lowest BCUT2D eigenvalue weighted by Crippen LogP contribution is -2.43. The zero-order valence-corrected chi connectivity index (χ0v) is 14.3. The van der Waals surface area contributed by atoms with Crippen LogP contribution in [0.5, 0.6) is 0 Å². The highest BCUT2D eigenvalue weighted by Crippen LogP contribution is 2.35. The summed E-state index contributed by atoms with van der Waals surface area (Å²) in [6.07, 6.45) is 0. The average molecular weight is 324 g/mol. The van der Waals surface area contributed by atoms with Crippen LogP contribution < -0.4 is 4.90 Å². The molecule has 3 rings (SSSR count). The summed E-state index contributed by atoms with van der Waals surface area (Å²) >= 11 is 0. The van der Waals surface area contributed by atoms with Crippen molar-refractivity contribution in [3.63, 3.8) is 0 Å². The molecular formula is C19H20N2O3. The van der Waals surface area contributed by atoms with Crippen molar-refractivity contribution in [1.29, 1.82) is 0 Å². The molecule has 2 aromatic carbocycles. The van der Waals surface area contributed by atoms with Crippen LogP contribution in [0.3, 0.4) is 0 Å². The predicted octanol–water partition coefficient (Wildman–Crippen LogP) is 2.73. The van der Waals surface area contributed by atoms with Gasteiger partial charge in [-0.1, -0.05) is 19.1 Å². The fraction of sp³-hybridized carbons (Fsp3) is 0.316. The van der Waals surface area contributed by atoms with Gasteiger partial charge in [0, 0.05) is 54.1 Å². The van der Waals surface area contributed by atoms with Crippen molar-refractivity contribution in [2.24, 2.45) is 5.92 Å². The third-order valence-corrected chi connectivity index (χ3v) is 4.60. The van der Waals surface area contributed by atoms with Crippen LogP contribution in [0.15, 0.2) is 30.3 Å². The Morgan fingerprint density at radius 3 is 2.29 bits per heavy atom. The molecule has 5 nitrogen and oxygen atoms in total. The van der Waals surface area contributed by atoms with Gasteiger partial charge in [-0.25, -0.2) is 0 Å². The lowest BCUT2D eigenvalue weighted by molar-refractivity contribution is -0.120. The molecule has 0 N–H and O–H groups in total. The number of hydrogen-bond donors (Lipinski definition) is 0. The second kappa shape index (κ2) is 5.74. The van der Waals surface area contributed by atoms with Gasteiger partial charge in [0.15, 0.2) is 0 Å². The summed E-state index contributed by atoms with van der Waals surface area (Å²) in [5.41, 5.74) is 1.99. The van der Waals surface area contributed by atoms with Gasteiger partial charge in [-0.2, -0.15) is 0 Å². The second-order valence-corrected chi connectivity index (χ2v) is 6.49. The molecule has 124 valence electrons. The Morgan fingerprint density at radius 2 is 1.71 bits per heavy atom. The van der Waals surface area contributed by atoms with Gasteiger partial charge in [-0.05, 0) is 25.1 Å². The van der Waals surface area contributed by atoms with E-state index in [0.29, 0.717) is 16.5 Å². The smallest absolute Gasteiger partial charge is 0.261 e. The quantitative estimate of drug-likeness (QED) is 0.812. The Labute approximate surface area is 140 Å². The molecule has 0 bridgehead atoms. The molecule has 1 atom stereocenters. The predicted molar refractivity (Wildman–Crippen MR) is 93.5 cm³/mol. The molecular weight excluding hydrogens is 304 g/mol. The number of anilines is 1. The Morgan fingerprint density at radius 1 is 1.08 bits per heavy atom. The zero-order chi connectivity index (χ0) is 17.6. The molecule has 1 aliphatic rings. The summed E-state index contributed by atoms with van der Waals surface area (Å²) in [5, 5.41) is 1.58. The molecule has 2 amide bonds. The summed E-state index contributed by atoms with van der Waals surface area (Å²) in [6.45, 7) is 3.31. The third kappa shape index (κ3) is 2.37. The summed E-state index contributed by atoms with van der Waals surface area (Å²) in [7, 11) is 3.86. The molecule has 0 fully saturated rings. The van der Waals surface area contributed by atoms with Crippen molar-refractivity contribution in [1.82, 2.24) is 4.90 Å². The first-order chi connectivity index (χ1) is 11.3. The first kappa shape index (κ1) is 16.2. The maximum absolute atomic E-state index is 12.8. The van der Waals surface area contributed by atoms with Crippen molar-refractivity contribution < 1.29 is 14.4 Å². The maximum atomic E-state index is 12.8. The Bertz CT molecular complexity index is 848. The van der Waals surface area contributed by atoms with Crippen LogP contribution >= 0.6 is 0 Å². The van der Waals surface area contributed by atoms with Crippen LogP contribution in [0.25, 0.3) is 10.8 Å². The molecule has 1 aliphatic heterocycles. The highest BCUT2D eigenvalue weighted by Gasteiger charge is 2.34. The van der Waals surface area contributed by atoms with Crippen LogP contribution in [0.2, 0.25) is 0 Å². The van der Waals surface area contributed by atoms with Gasteiger partial charge in [0.2, 0.25) is 0 Å². The number of nitrogens with zero attached hydrogens (tertiary/aromatic N) is 2. The van der Waals surface area contributed by atoms with Crippen LogP contribution in [0, 0.1) is 5.92 Å². The van der Waals surface area contributed by atoms with Crippen molar-refractivity contribution in [3.05, 3.63) is 41.5 Å². The normalized spacial score (nSPS) is 14.9. The van der Waals surface area contributed by atoms with E-state index in [-0.39, 0.29) is 30.1 Å². The highest BCUT2D eigenvalue weighted by molar-refractivity contribution is 6.26. The number of amides is 2. The van der Waals surface area contributed by atoms with Crippen molar-refractivity contribution >= 4 is 34.1 Å². The minimum Gasteiger partial charge on any atom is -0.377 e. The molecule has 0 aliphatic carbocycles.